The summed E-state index contributed by atoms with van der Waals surface area (Å²) in [6.07, 6.45) is 5.93. The van der Waals surface area contributed by atoms with Crippen LogP contribution in [0.5, 0.6) is 0 Å². The summed E-state index contributed by atoms with van der Waals surface area (Å²) in [7, 11) is 2.18. The van der Waals surface area contributed by atoms with E-state index in [0.29, 0.717) is 29.0 Å². The second-order valence-electron chi connectivity index (χ2n) is 7.88. The topological polar surface area (TPSA) is 82.5 Å². The molecule has 2 aliphatic rings. The van der Waals surface area contributed by atoms with Crippen LogP contribution in [0.1, 0.15) is 36.0 Å². The first-order valence-electron chi connectivity index (χ1n) is 9.79. The monoisotopic (exact) mass is 377 g/mol. The first-order chi connectivity index (χ1) is 13.6. The van der Waals surface area contributed by atoms with E-state index >= 15 is 0 Å². The first-order valence-corrected chi connectivity index (χ1v) is 9.79. The molecule has 1 amide bonds. The summed E-state index contributed by atoms with van der Waals surface area (Å²) in [6, 6.07) is 12.3. The molecular weight excluding hydrogens is 354 g/mol. The third-order valence-electron chi connectivity index (χ3n) is 6.25. The van der Waals surface area contributed by atoms with Crippen molar-refractivity contribution in [2.75, 3.05) is 7.05 Å². The second-order valence-corrected chi connectivity index (χ2v) is 7.88. The number of hydrogen-bond acceptors (Lipinski definition) is 4. The van der Waals surface area contributed by atoms with E-state index < -0.39 is 0 Å². The van der Waals surface area contributed by atoms with E-state index in [9.17, 15) is 9.59 Å². The van der Waals surface area contributed by atoms with Crippen molar-refractivity contribution in [3.8, 4) is 11.3 Å². The highest BCUT2D eigenvalue weighted by Gasteiger charge is 2.39. The first kappa shape index (κ1) is 17.2. The van der Waals surface area contributed by atoms with Gasteiger partial charge in [0.2, 0.25) is 0 Å². The maximum atomic E-state index is 13.0. The van der Waals surface area contributed by atoms with Gasteiger partial charge in [0, 0.05) is 36.0 Å². The van der Waals surface area contributed by atoms with Crippen LogP contribution < -0.4 is 10.9 Å². The molecule has 2 unspecified atom stereocenters. The maximum absolute atomic E-state index is 13.0. The largest absolute Gasteiger partial charge is 0.349 e. The molecule has 1 aromatic carbocycles. The second kappa shape index (κ2) is 6.60. The fourth-order valence-corrected chi connectivity index (χ4v) is 4.70. The van der Waals surface area contributed by atoms with Crippen LogP contribution in [0.15, 0.2) is 47.4 Å². The third kappa shape index (κ3) is 2.82. The van der Waals surface area contributed by atoms with Crippen molar-refractivity contribution in [3.63, 3.8) is 0 Å². The Hall–Kier alpha value is -2.93. The van der Waals surface area contributed by atoms with E-state index in [2.05, 4.69) is 27.3 Å². The molecule has 0 aliphatic carbocycles. The van der Waals surface area contributed by atoms with Crippen LogP contribution in [0.3, 0.4) is 0 Å². The van der Waals surface area contributed by atoms with E-state index in [0.717, 1.165) is 18.4 Å². The number of aromatic amines is 1. The van der Waals surface area contributed by atoms with Gasteiger partial charge >= 0.3 is 0 Å². The van der Waals surface area contributed by atoms with Crippen LogP contribution in [0.2, 0.25) is 0 Å². The molecule has 5 rings (SSSR count). The van der Waals surface area contributed by atoms with Crippen LogP contribution in [0.25, 0.3) is 16.9 Å². The minimum Gasteiger partial charge on any atom is -0.349 e. The Labute approximate surface area is 162 Å². The summed E-state index contributed by atoms with van der Waals surface area (Å²) in [5, 5.41) is 6.04. The predicted octanol–water partition coefficient (Wildman–Crippen LogP) is 2.04. The predicted molar refractivity (Wildman–Crippen MR) is 106 cm³/mol. The lowest BCUT2D eigenvalue weighted by Crippen LogP contribution is -2.48. The molecule has 2 atom stereocenters. The van der Waals surface area contributed by atoms with Crippen LogP contribution in [0.4, 0.5) is 0 Å². The van der Waals surface area contributed by atoms with Gasteiger partial charge in [0.25, 0.3) is 11.5 Å². The number of H-pyrrole nitrogens is 1. The molecule has 2 bridgehead atoms. The molecule has 2 saturated heterocycles. The molecule has 0 radical (unpaired) electrons. The number of amides is 1. The van der Waals surface area contributed by atoms with Gasteiger partial charge in [-0.05, 0) is 32.7 Å². The van der Waals surface area contributed by atoms with E-state index in [1.165, 1.54) is 23.4 Å². The number of benzene rings is 1. The Balaban J connectivity index is 1.45. The maximum Gasteiger partial charge on any atom is 0.273 e. The molecule has 4 heterocycles. The van der Waals surface area contributed by atoms with E-state index in [4.69, 9.17) is 0 Å². The zero-order chi connectivity index (χ0) is 19.3. The lowest BCUT2D eigenvalue weighted by molar-refractivity contribution is 0.0884. The standard InChI is InChI=1S/C21H23N5O2/c1-25-15-7-8-16(25)10-14(9-15)23-21(28)17-12-22-26-19(27)11-18(24-20(17)26)13-5-3-2-4-6-13/h2-6,11-12,14-16,22H,7-10H2,1H3,(H,23,28). The molecule has 0 saturated carbocycles. The highest BCUT2D eigenvalue weighted by Crippen LogP contribution is 2.34. The van der Waals surface area contributed by atoms with Crippen molar-refractivity contribution in [2.24, 2.45) is 0 Å². The Bertz CT molecular complexity index is 1070. The van der Waals surface area contributed by atoms with Gasteiger partial charge in [0.05, 0.1) is 5.69 Å². The normalized spacial score (nSPS) is 24.5. The van der Waals surface area contributed by atoms with Crippen molar-refractivity contribution in [1.82, 2.24) is 24.8 Å². The Morgan fingerprint density at radius 2 is 1.89 bits per heavy atom. The smallest absolute Gasteiger partial charge is 0.273 e. The van der Waals surface area contributed by atoms with Crippen molar-refractivity contribution < 1.29 is 4.79 Å². The number of carbonyl (C=O) groups is 1. The van der Waals surface area contributed by atoms with Crippen molar-refractivity contribution >= 4 is 11.6 Å². The molecule has 2 aromatic heterocycles. The van der Waals surface area contributed by atoms with Crippen LogP contribution in [0, 0.1) is 0 Å². The van der Waals surface area contributed by atoms with Crippen molar-refractivity contribution in [1.29, 1.82) is 0 Å². The highest BCUT2D eigenvalue weighted by atomic mass is 16.2. The number of carbonyl (C=O) groups excluding carboxylic acids is 1. The summed E-state index contributed by atoms with van der Waals surface area (Å²) in [4.78, 5) is 32.5. The summed E-state index contributed by atoms with van der Waals surface area (Å²) < 4.78 is 1.32. The number of piperidine rings is 1. The highest BCUT2D eigenvalue weighted by molar-refractivity contribution is 6.00. The summed E-state index contributed by atoms with van der Waals surface area (Å²) in [6.45, 7) is 0. The number of rotatable bonds is 3. The number of nitrogens with zero attached hydrogens (tertiary/aromatic N) is 3. The van der Waals surface area contributed by atoms with Gasteiger partial charge in [-0.2, -0.15) is 0 Å². The minimum atomic E-state index is -0.236. The fraction of sp³-hybridized carbons (Fsp3) is 0.381. The molecule has 3 aromatic rings. The Morgan fingerprint density at radius 3 is 2.61 bits per heavy atom. The molecule has 144 valence electrons. The number of hydrogen-bond donors (Lipinski definition) is 2. The Kier molecular flexibility index (Phi) is 4.05. The average Bonchev–Trinajstić information content (AvgIpc) is 3.20. The van der Waals surface area contributed by atoms with E-state index in [-0.39, 0.29) is 17.5 Å². The molecule has 2 aliphatic heterocycles. The summed E-state index contributed by atoms with van der Waals surface area (Å²) >= 11 is 0. The zero-order valence-corrected chi connectivity index (χ0v) is 15.8. The molecule has 0 spiro atoms. The van der Waals surface area contributed by atoms with E-state index in [1.807, 2.05) is 30.3 Å². The summed E-state index contributed by atoms with van der Waals surface area (Å²) in [5.74, 6) is -0.176. The van der Waals surface area contributed by atoms with Crippen molar-refractivity contribution in [3.05, 3.63) is 58.5 Å². The molecule has 2 N–H and O–H groups in total. The number of fused-ring (bicyclic) bond motifs is 3. The van der Waals surface area contributed by atoms with Gasteiger partial charge in [-0.15, -0.1) is 0 Å². The molecule has 7 nitrogen and oxygen atoms in total. The van der Waals surface area contributed by atoms with Gasteiger partial charge in [0.15, 0.2) is 5.65 Å². The van der Waals surface area contributed by atoms with Gasteiger partial charge in [-0.25, -0.2) is 9.50 Å². The van der Waals surface area contributed by atoms with E-state index in [1.54, 1.807) is 6.20 Å². The fourth-order valence-electron chi connectivity index (χ4n) is 4.70. The average molecular weight is 377 g/mol. The Morgan fingerprint density at radius 1 is 1.18 bits per heavy atom. The molecule has 2 fully saturated rings. The summed E-state index contributed by atoms with van der Waals surface area (Å²) in [5.41, 5.74) is 1.94. The lowest BCUT2D eigenvalue weighted by atomic mass is 9.98. The molecular formula is C21H23N5O2. The third-order valence-corrected chi connectivity index (χ3v) is 6.25. The van der Waals surface area contributed by atoms with Gasteiger partial charge < -0.3 is 10.2 Å². The number of aromatic nitrogens is 3. The molecule has 7 heteroatoms. The zero-order valence-electron chi connectivity index (χ0n) is 15.8. The SMILES string of the molecule is CN1C2CCC1CC(NC(=O)c1c[nH]n3c(=O)cc(-c4ccccc4)nc13)C2. The van der Waals surface area contributed by atoms with Gasteiger partial charge in [-0.3, -0.25) is 14.7 Å². The lowest BCUT2D eigenvalue weighted by Gasteiger charge is -2.36. The van der Waals surface area contributed by atoms with Crippen molar-refractivity contribution in [2.45, 2.75) is 43.8 Å². The van der Waals surface area contributed by atoms with Gasteiger partial charge in [-0.1, -0.05) is 30.3 Å². The van der Waals surface area contributed by atoms with Gasteiger partial charge in [0.1, 0.15) is 5.56 Å². The van der Waals surface area contributed by atoms with Crippen LogP contribution in [-0.2, 0) is 0 Å². The molecule has 28 heavy (non-hydrogen) atoms. The van der Waals surface area contributed by atoms with Crippen LogP contribution >= 0.6 is 0 Å². The minimum absolute atomic E-state index is 0.167. The number of nitrogens with one attached hydrogen (secondary N) is 2. The van der Waals surface area contributed by atoms with Crippen LogP contribution in [-0.4, -0.2) is 50.6 Å². The quantitative estimate of drug-likeness (QED) is 0.732.